The van der Waals surface area contributed by atoms with Gasteiger partial charge in [-0.1, -0.05) is 0 Å². The van der Waals surface area contributed by atoms with E-state index in [4.69, 9.17) is 4.74 Å². The van der Waals surface area contributed by atoms with Gasteiger partial charge in [0, 0.05) is 13.1 Å². The summed E-state index contributed by atoms with van der Waals surface area (Å²) in [7, 11) is 0. The van der Waals surface area contributed by atoms with Crippen LogP contribution >= 0.6 is 0 Å². The molecule has 2 amide bonds. The zero-order valence-corrected chi connectivity index (χ0v) is 16.4. The molecule has 2 N–H and O–H groups in total. The lowest BCUT2D eigenvalue weighted by molar-refractivity contribution is -0.130. The molecule has 9 heteroatoms. The molecular weight excluding hydrogens is 364 g/mol. The molecule has 2 aromatic rings. The second-order valence-corrected chi connectivity index (χ2v) is 6.21. The van der Waals surface area contributed by atoms with E-state index in [1.54, 1.807) is 24.5 Å². The summed E-state index contributed by atoms with van der Waals surface area (Å²) in [5.41, 5.74) is 1.47. The highest BCUT2D eigenvalue weighted by molar-refractivity contribution is 5.95. The van der Waals surface area contributed by atoms with Crippen LogP contribution in [0.15, 0.2) is 23.0 Å². The van der Waals surface area contributed by atoms with Gasteiger partial charge in [0.15, 0.2) is 6.61 Å². The number of aromatic nitrogens is 2. The normalized spacial score (nSPS) is 11.7. The molecule has 1 atom stereocenters. The Hall–Kier alpha value is -3.23. The molecule has 0 bridgehead atoms. The molecule has 1 heterocycles. The third-order valence-corrected chi connectivity index (χ3v) is 4.12. The molecule has 0 aliphatic carbocycles. The molecule has 0 aliphatic heterocycles. The number of rotatable bonds is 7. The molecule has 1 aromatic carbocycles. The quantitative estimate of drug-likeness (QED) is 0.668. The highest BCUT2D eigenvalue weighted by atomic mass is 16.5. The first kappa shape index (κ1) is 21.1. The van der Waals surface area contributed by atoms with Gasteiger partial charge in [0.05, 0.1) is 16.6 Å². The summed E-state index contributed by atoms with van der Waals surface area (Å²) in [4.78, 5) is 52.1. The average molecular weight is 388 g/mol. The Kier molecular flexibility index (Phi) is 6.86. The van der Waals surface area contributed by atoms with E-state index in [1.165, 1.54) is 19.1 Å². The minimum absolute atomic E-state index is 0.178. The van der Waals surface area contributed by atoms with Crippen molar-refractivity contribution in [2.75, 3.05) is 13.2 Å². The third kappa shape index (κ3) is 4.73. The number of hydrogen-bond donors (Lipinski definition) is 2. The van der Waals surface area contributed by atoms with Gasteiger partial charge in [0.25, 0.3) is 11.5 Å². The molecule has 28 heavy (non-hydrogen) atoms. The summed E-state index contributed by atoms with van der Waals surface area (Å²) in [6.07, 6.45) is 0. The van der Waals surface area contributed by atoms with Gasteiger partial charge in [-0.3, -0.25) is 14.4 Å². The number of carbonyl (C=O) groups excluding carboxylic acids is 3. The Bertz CT molecular complexity index is 967. The lowest BCUT2D eigenvalue weighted by Crippen LogP contribution is -2.46. The summed E-state index contributed by atoms with van der Waals surface area (Å²) < 4.78 is 6.58. The van der Waals surface area contributed by atoms with Crippen LogP contribution in [-0.4, -0.2) is 46.5 Å². The molecule has 0 saturated carbocycles. The molecule has 0 radical (unpaired) electrons. The smallest absolute Gasteiger partial charge is 0.338 e. The standard InChI is InChI=1S/C19H24N4O5/c1-5-20-17(25)11(3)22-16(24)10-28-19(27)13-7-8-15-14(9-13)21-12(4)18(26)23(15)6-2/h7-9,11H,5-6,10H2,1-4H3,(H,20,25)(H,22,24)/t11-/m0/s1. The number of carbonyl (C=O) groups is 3. The van der Waals surface area contributed by atoms with Crippen molar-refractivity contribution in [2.45, 2.75) is 40.3 Å². The maximum atomic E-state index is 12.2. The van der Waals surface area contributed by atoms with Crippen LogP contribution in [0, 0.1) is 6.92 Å². The van der Waals surface area contributed by atoms with Gasteiger partial charge in [-0.15, -0.1) is 0 Å². The lowest BCUT2D eigenvalue weighted by Gasteiger charge is -2.13. The second-order valence-electron chi connectivity index (χ2n) is 6.21. The summed E-state index contributed by atoms with van der Waals surface area (Å²) in [5.74, 6) is -1.60. The van der Waals surface area contributed by atoms with Crippen molar-refractivity contribution in [3.8, 4) is 0 Å². The monoisotopic (exact) mass is 388 g/mol. The molecule has 0 fully saturated rings. The molecule has 9 nitrogen and oxygen atoms in total. The lowest BCUT2D eigenvalue weighted by atomic mass is 10.2. The van der Waals surface area contributed by atoms with E-state index in [0.29, 0.717) is 29.8 Å². The van der Waals surface area contributed by atoms with Crippen LogP contribution in [0.2, 0.25) is 0 Å². The highest BCUT2D eigenvalue weighted by Crippen LogP contribution is 2.14. The number of aryl methyl sites for hydroxylation is 2. The maximum Gasteiger partial charge on any atom is 0.338 e. The van der Waals surface area contributed by atoms with E-state index in [9.17, 15) is 19.2 Å². The van der Waals surface area contributed by atoms with E-state index >= 15 is 0 Å². The Morgan fingerprint density at radius 3 is 2.61 bits per heavy atom. The number of hydrogen-bond acceptors (Lipinski definition) is 6. The van der Waals surface area contributed by atoms with Crippen LogP contribution in [0.25, 0.3) is 11.0 Å². The van der Waals surface area contributed by atoms with Gasteiger partial charge in [0.1, 0.15) is 11.7 Å². The van der Waals surface area contributed by atoms with Crippen molar-refractivity contribution in [1.29, 1.82) is 0 Å². The predicted molar refractivity (Wildman–Crippen MR) is 103 cm³/mol. The number of amides is 2. The zero-order chi connectivity index (χ0) is 20.8. The number of fused-ring (bicyclic) bond motifs is 1. The fraction of sp³-hybridized carbons (Fsp3) is 0.421. The molecular formula is C19H24N4O5. The molecule has 150 valence electrons. The first-order valence-corrected chi connectivity index (χ1v) is 9.03. The zero-order valence-electron chi connectivity index (χ0n) is 16.4. The number of nitrogens with one attached hydrogen (secondary N) is 2. The van der Waals surface area contributed by atoms with Gasteiger partial charge in [-0.25, -0.2) is 9.78 Å². The Balaban J connectivity index is 2.07. The van der Waals surface area contributed by atoms with Crippen molar-refractivity contribution in [3.05, 3.63) is 39.8 Å². The second kappa shape index (κ2) is 9.12. The SMILES string of the molecule is CCNC(=O)[C@H](C)NC(=O)COC(=O)c1ccc2c(c1)nc(C)c(=O)n2CC. The number of esters is 1. The Morgan fingerprint density at radius 1 is 1.25 bits per heavy atom. The molecule has 0 aliphatic rings. The van der Waals surface area contributed by atoms with E-state index in [-0.39, 0.29) is 17.0 Å². The van der Waals surface area contributed by atoms with Crippen LogP contribution in [-0.2, 0) is 20.9 Å². The first-order chi connectivity index (χ1) is 13.3. The van der Waals surface area contributed by atoms with Crippen LogP contribution < -0.4 is 16.2 Å². The van der Waals surface area contributed by atoms with Gasteiger partial charge in [-0.2, -0.15) is 0 Å². The summed E-state index contributed by atoms with van der Waals surface area (Å²) in [6, 6.07) is 3.93. The van der Waals surface area contributed by atoms with Gasteiger partial charge >= 0.3 is 5.97 Å². The summed E-state index contributed by atoms with van der Waals surface area (Å²) >= 11 is 0. The van der Waals surface area contributed by atoms with Gasteiger partial charge in [0.2, 0.25) is 5.91 Å². The maximum absolute atomic E-state index is 12.2. The summed E-state index contributed by atoms with van der Waals surface area (Å²) in [5, 5.41) is 5.03. The van der Waals surface area contributed by atoms with Crippen molar-refractivity contribution < 1.29 is 19.1 Å². The van der Waals surface area contributed by atoms with E-state index < -0.39 is 24.5 Å². The first-order valence-electron chi connectivity index (χ1n) is 9.03. The van der Waals surface area contributed by atoms with E-state index in [0.717, 1.165) is 0 Å². The largest absolute Gasteiger partial charge is 0.452 e. The van der Waals surface area contributed by atoms with Crippen LogP contribution in [0.3, 0.4) is 0 Å². The molecule has 0 spiro atoms. The number of ether oxygens (including phenoxy) is 1. The fourth-order valence-electron chi connectivity index (χ4n) is 2.71. The van der Waals surface area contributed by atoms with E-state index in [2.05, 4.69) is 15.6 Å². The third-order valence-electron chi connectivity index (χ3n) is 4.12. The number of likely N-dealkylation sites (N-methyl/N-ethyl adjacent to an activating group) is 1. The van der Waals surface area contributed by atoms with Crippen LogP contribution in [0.5, 0.6) is 0 Å². The van der Waals surface area contributed by atoms with Crippen LogP contribution in [0.1, 0.15) is 36.8 Å². The number of benzene rings is 1. The average Bonchev–Trinajstić information content (AvgIpc) is 2.67. The fourth-order valence-corrected chi connectivity index (χ4v) is 2.71. The molecule has 1 aromatic heterocycles. The van der Waals surface area contributed by atoms with Crippen molar-refractivity contribution in [2.24, 2.45) is 0 Å². The molecule has 0 unspecified atom stereocenters. The Morgan fingerprint density at radius 2 is 1.96 bits per heavy atom. The number of nitrogens with zero attached hydrogens (tertiary/aromatic N) is 2. The van der Waals surface area contributed by atoms with E-state index in [1.807, 2.05) is 6.92 Å². The Labute approximate surface area is 162 Å². The topological polar surface area (TPSA) is 119 Å². The predicted octanol–water partition coefficient (Wildman–Crippen LogP) is 0.522. The van der Waals surface area contributed by atoms with Crippen LogP contribution in [0.4, 0.5) is 0 Å². The van der Waals surface area contributed by atoms with Crippen molar-refractivity contribution in [3.63, 3.8) is 0 Å². The van der Waals surface area contributed by atoms with Gasteiger partial charge in [-0.05, 0) is 45.9 Å². The molecule has 0 saturated heterocycles. The summed E-state index contributed by atoms with van der Waals surface area (Å²) in [6.45, 7) is 7.19. The van der Waals surface area contributed by atoms with Crippen molar-refractivity contribution in [1.82, 2.24) is 20.2 Å². The minimum Gasteiger partial charge on any atom is -0.452 e. The van der Waals surface area contributed by atoms with Crippen molar-refractivity contribution >= 4 is 28.8 Å². The minimum atomic E-state index is -0.732. The highest BCUT2D eigenvalue weighted by Gasteiger charge is 2.17. The molecule has 2 rings (SSSR count). The van der Waals surface area contributed by atoms with Gasteiger partial charge < -0.3 is 19.9 Å².